The summed E-state index contributed by atoms with van der Waals surface area (Å²) in [6.07, 6.45) is 1.26. The lowest BCUT2D eigenvalue weighted by Crippen LogP contribution is -2.41. The van der Waals surface area contributed by atoms with Gasteiger partial charge in [0, 0.05) is 31.9 Å². The lowest BCUT2D eigenvalue weighted by atomic mass is 9.92. The first-order chi connectivity index (χ1) is 13.2. The molecule has 3 heterocycles. The van der Waals surface area contributed by atoms with Crippen LogP contribution in [0.3, 0.4) is 0 Å². The monoisotopic (exact) mass is 368 g/mol. The summed E-state index contributed by atoms with van der Waals surface area (Å²) >= 11 is 0. The third kappa shape index (κ3) is 4.47. The van der Waals surface area contributed by atoms with Gasteiger partial charge in [-0.3, -0.25) is 0 Å². The van der Waals surface area contributed by atoms with Crippen LogP contribution >= 0.6 is 0 Å². The number of anilines is 4. The van der Waals surface area contributed by atoms with Crippen LogP contribution in [0.4, 0.5) is 23.5 Å². The Hall–Kier alpha value is -2.41. The molecule has 0 bridgehead atoms. The summed E-state index contributed by atoms with van der Waals surface area (Å²) in [5, 5.41) is 3.34. The molecule has 2 aromatic rings. The van der Waals surface area contributed by atoms with Crippen molar-refractivity contribution in [3.05, 3.63) is 30.3 Å². The molecule has 1 aromatic carbocycles. The predicted molar refractivity (Wildman–Crippen MR) is 108 cm³/mol. The number of rotatable bonds is 4. The number of ether oxygens (including phenoxy) is 1. The average Bonchev–Trinajstić information content (AvgIpc) is 2.68. The Morgan fingerprint density at radius 3 is 2.19 bits per heavy atom. The van der Waals surface area contributed by atoms with Crippen molar-refractivity contribution in [2.24, 2.45) is 11.8 Å². The minimum absolute atomic E-state index is 0.596. The zero-order chi connectivity index (χ0) is 18.6. The van der Waals surface area contributed by atoms with E-state index in [0.29, 0.717) is 31.0 Å². The van der Waals surface area contributed by atoms with Crippen molar-refractivity contribution in [1.82, 2.24) is 15.0 Å². The minimum atomic E-state index is 0.596. The zero-order valence-corrected chi connectivity index (χ0v) is 16.1. The largest absolute Gasteiger partial charge is 0.378 e. The molecule has 0 saturated carbocycles. The summed E-state index contributed by atoms with van der Waals surface area (Å²) in [4.78, 5) is 18.8. The van der Waals surface area contributed by atoms with Crippen LogP contribution < -0.4 is 15.1 Å². The molecule has 27 heavy (non-hydrogen) atoms. The van der Waals surface area contributed by atoms with Crippen LogP contribution in [-0.4, -0.2) is 54.3 Å². The molecule has 4 rings (SSSR count). The van der Waals surface area contributed by atoms with Gasteiger partial charge in [-0.25, -0.2) is 0 Å². The standard InChI is InChI=1S/C20H28N6O/c1-15-12-16(2)14-26(13-15)20-23-18(21-17-6-4-3-5-7-17)22-19(24-20)25-8-10-27-11-9-25/h3-7,15-16H,8-14H2,1-2H3,(H,21,22,23,24). The second-order valence-electron chi connectivity index (χ2n) is 7.70. The van der Waals surface area contributed by atoms with Crippen LogP contribution in [0.15, 0.2) is 30.3 Å². The number of piperidine rings is 1. The van der Waals surface area contributed by atoms with E-state index in [1.54, 1.807) is 0 Å². The van der Waals surface area contributed by atoms with E-state index in [9.17, 15) is 0 Å². The van der Waals surface area contributed by atoms with Crippen molar-refractivity contribution in [3.63, 3.8) is 0 Å². The first-order valence-electron chi connectivity index (χ1n) is 9.83. The number of benzene rings is 1. The van der Waals surface area contributed by atoms with E-state index in [1.807, 2.05) is 30.3 Å². The molecule has 2 saturated heterocycles. The topological polar surface area (TPSA) is 66.4 Å². The highest BCUT2D eigenvalue weighted by molar-refractivity contribution is 5.56. The maximum atomic E-state index is 5.48. The molecular weight excluding hydrogens is 340 g/mol. The van der Waals surface area contributed by atoms with Crippen molar-refractivity contribution < 1.29 is 4.74 Å². The highest BCUT2D eigenvalue weighted by atomic mass is 16.5. The Bertz CT molecular complexity index is 739. The molecule has 2 fully saturated rings. The fourth-order valence-corrected chi connectivity index (χ4v) is 3.93. The number of nitrogens with one attached hydrogen (secondary N) is 1. The molecule has 7 nitrogen and oxygen atoms in total. The number of hydrogen-bond acceptors (Lipinski definition) is 7. The van der Waals surface area contributed by atoms with Gasteiger partial charge in [0.1, 0.15) is 0 Å². The van der Waals surface area contributed by atoms with Crippen LogP contribution in [0.2, 0.25) is 0 Å². The smallest absolute Gasteiger partial charge is 0.233 e. The molecule has 0 spiro atoms. The summed E-state index contributed by atoms with van der Waals surface area (Å²) in [6.45, 7) is 9.61. The van der Waals surface area contributed by atoms with Crippen LogP contribution in [-0.2, 0) is 4.74 Å². The van der Waals surface area contributed by atoms with E-state index in [-0.39, 0.29) is 0 Å². The van der Waals surface area contributed by atoms with Gasteiger partial charge in [-0.2, -0.15) is 15.0 Å². The zero-order valence-electron chi connectivity index (χ0n) is 16.1. The highest BCUT2D eigenvalue weighted by Crippen LogP contribution is 2.26. The highest BCUT2D eigenvalue weighted by Gasteiger charge is 2.25. The molecule has 2 aliphatic rings. The third-order valence-electron chi connectivity index (χ3n) is 5.09. The third-order valence-corrected chi connectivity index (χ3v) is 5.09. The fourth-order valence-electron chi connectivity index (χ4n) is 3.93. The Balaban J connectivity index is 1.65. The van der Waals surface area contributed by atoms with E-state index < -0.39 is 0 Å². The van der Waals surface area contributed by atoms with Gasteiger partial charge in [-0.1, -0.05) is 32.0 Å². The van der Waals surface area contributed by atoms with Crippen molar-refractivity contribution in [3.8, 4) is 0 Å². The molecule has 2 atom stereocenters. The first-order valence-corrected chi connectivity index (χ1v) is 9.83. The van der Waals surface area contributed by atoms with Crippen molar-refractivity contribution in [2.75, 3.05) is 54.5 Å². The maximum Gasteiger partial charge on any atom is 0.233 e. The summed E-state index contributed by atoms with van der Waals surface area (Å²) < 4.78 is 5.48. The molecule has 7 heteroatoms. The van der Waals surface area contributed by atoms with Gasteiger partial charge >= 0.3 is 0 Å². The van der Waals surface area contributed by atoms with E-state index in [2.05, 4.69) is 29.0 Å². The number of nitrogens with zero attached hydrogens (tertiary/aromatic N) is 5. The van der Waals surface area contributed by atoms with E-state index in [1.165, 1.54) is 6.42 Å². The van der Waals surface area contributed by atoms with Crippen molar-refractivity contribution in [2.45, 2.75) is 20.3 Å². The van der Waals surface area contributed by atoms with Crippen LogP contribution in [0.1, 0.15) is 20.3 Å². The molecule has 0 amide bonds. The minimum Gasteiger partial charge on any atom is -0.378 e. The second-order valence-corrected chi connectivity index (χ2v) is 7.70. The Morgan fingerprint density at radius 2 is 1.52 bits per heavy atom. The lowest BCUT2D eigenvalue weighted by molar-refractivity contribution is 0.122. The molecular formula is C20H28N6O. The van der Waals surface area contributed by atoms with Gasteiger partial charge in [0.25, 0.3) is 0 Å². The van der Waals surface area contributed by atoms with Gasteiger partial charge in [-0.15, -0.1) is 0 Å². The average molecular weight is 368 g/mol. The summed E-state index contributed by atoms with van der Waals surface area (Å²) in [7, 11) is 0. The van der Waals surface area contributed by atoms with E-state index >= 15 is 0 Å². The SMILES string of the molecule is CC1CC(C)CN(c2nc(Nc3ccccc3)nc(N3CCOCC3)n2)C1. The molecule has 0 radical (unpaired) electrons. The number of hydrogen-bond donors (Lipinski definition) is 1. The molecule has 0 aliphatic carbocycles. The predicted octanol–water partition coefficient (Wildman–Crippen LogP) is 2.93. The quantitative estimate of drug-likeness (QED) is 0.890. The second kappa shape index (κ2) is 8.08. The summed E-state index contributed by atoms with van der Waals surface area (Å²) in [6, 6.07) is 10.0. The van der Waals surface area contributed by atoms with E-state index in [4.69, 9.17) is 19.7 Å². The lowest BCUT2D eigenvalue weighted by Gasteiger charge is -2.35. The molecule has 1 aromatic heterocycles. The molecule has 2 unspecified atom stereocenters. The van der Waals surface area contributed by atoms with Gasteiger partial charge in [0.2, 0.25) is 17.8 Å². The molecule has 144 valence electrons. The summed E-state index contributed by atoms with van der Waals surface area (Å²) in [5.74, 6) is 3.38. The molecule has 1 N–H and O–H groups in total. The van der Waals surface area contributed by atoms with Gasteiger partial charge in [-0.05, 0) is 30.4 Å². The fraction of sp³-hybridized carbons (Fsp3) is 0.550. The van der Waals surface area contributed by atoms with Crippen molar-refractivity contribution >= 4 is 23.5 Å². The van der Waals surface area contributed by atoms with Crippen LogP contribution in [0.5, 0.6) is 0 Å². The number of aromatic nitrogens is 3. The first kappa shape index (κ1) is 18.0. The summed E-state index contributed by atoms with van der Waals surface area (Å²) in [5.41, 5.74) is 0.975. The Kier molecular flexibility index (Phi) is 5.38. The van der Waals surface area contributed by atoms with Crippen LogP contribution in [0, 0.1) is 11.8 Å². The van der Waals surface area contributed by atoms with Gasteiger partial charge in [0.05, 0.1) is 13.2 Å². The number of morpholine rings is 1. The Labute approximate surface area is 160 Å². The maximum absolute atomic E-state index is 5.48. The van der Waals surface area contributed by atoms with Gasteiger partial charge in [0.15, 0.2) is 0 Å². The Morgan fingerprint density at radius 1 is 0.889 bits per heavy atom. The van der Waals surface area contributed by atoms with Crippen LogP contribution in [0.25, 0.3) is 0 Å². The number of para-hydroxylation sites is 1. The molecule has 2 aliphatic heterocycles. The van der Waals surface area contributed by atoms with E-state index in [0.717, 1.165) is 43.8 Å². The van der Waals surface area contributed by atoms with Gasteiger partial charge < -0.3 is 19.9 Å². The normalized spacial score (nSPS) is 23.3. The van der Waals surface area contributed by atoms with Crippen molar-refractivity contribution in [1.29, 1.82) is 0 Å².